The fourth-order valence-corrected chi connectivity index (χ4v) is 2.71. The highest BCUT2D eigenvalue weighted by atomic mass is 16.2. The predicted molar refractivity (Wildman–Crippen MR) is 91.8 cm³/mol. The number of nitrogens with zero attached hydrogens (tertiary/aromatic N) is 1. The van der Waals surface area contributed by atoms with Crippen molar-refractivity contribution in [1.82, 2.24) is 20.3 Å². The molecule has 24 heavy (non-hydrogen) atoms. The topological polar surface area (TPSA) is 90.6 Å². The molecular formula is C18H14N4O2. The standard InChI is InChI=1S/C18H14N4O2/c23-17-6-5-11-8-20-16(7-15(11)22-17)18(24)21-10-12-9-19-14-4-2-1-3-13(12)14/h1-9,19H,10H2,(H,21,24)(H,22,23). The summed E-state index contributed by atoms with van der Waals surface area (Å²) < 4.78 is 0. The van der Waals surface area contributed by atoms with Gasteiger partial charge < -0.3 is 15.3 Å². The highest BCUT2D eigenvalue weighted by Gasteiger charge is 2.10. The minimum absolute atomic E-state index is 0.209. The van der Waals surface area contributed by atoms with Gasteiger partial charge in [-0.2, -0.15) is 0 Å². The van der Waals surface area contributed by atoms with E-state index in [0.29, 0.717) is 12.1 Å². The number of carbonyl (C=O) groups is 1. The molecule has 0 saturated carbocycles. The van der Waals surface area contributed by atoms with Crippen LogP contribution in [0.4, 0.5) is 0 Å². The number of carbonyl (C=O) groups excluding carboxylic acids is 1. The Morgan fingerprint density at radius 1 is 1.12 bits per heavy atom. The number of hydrogen-bond acceptors (Lipinski definition) is 3. The summed E-state index contributed by atoms with van der Waals surface area (Å²) in [5.74, 6) is -0.285. The van der Waals surface area contributed by atoms with Gasteiger partial charge in [-0.3, -0.25) is 14.6 Å². The molecule has 6 heteroatoms. The maximum Gasteiger partial charge on any atom is 0.270 e. The molecule has 0 spiro atoms. The van der Waals surface area contributed by atoms with Gasteiger partial charge >= 0.3 is 0 Å². The number of aromatic amines is 2. The molecule has 0 aliphatic rings. The van der Waals surface area contributed by atoms with Gasteiger partial charge in [-0.05, 0) is 23.8 Å². The first kappa shape index (κ1) is 14.2. The first-order chi connectivity index (χ1) is 11.7. The van der Waals surface area contributed by atoms with Crippen molar-refractivity contribution >= 4 is 27.7 Å². The van der Waals surface area contributed by atoms with Gasteiger partial charge in [0, 0.05) is 41.3 Å². The van der Waals surface area contributed by atoms with Crippen molar-refractivity contribution in [3.05, 3.63) is 76.5 Å². The molecule has 0 atom stereocenters. The molecule has 118 valence electrons. The predicted octanol–water partition coefficient (Wildman–Crippen LogP) is 2.33. The Morgan fingerprint density at radius 3 is 2.92 bits per heavy atom. The number of aromatic nitrogens is 3. The minimum Gasteiger partial charge on any atom is -0.361 e. The maximum atomic E-state index is 12.3. The Kier molecular flexibility index (Phi) is 3.35. The zero-order chi connectivity index (χ0) is 16.5. The molecule has 0 fully saturated rings. The normalized spacial score (nSPS) is 11.0. The van der Waals surface area contributed by atoms with E-state index in [0.717, 1.165) is 21.9 Å². The Bertz CT molecular complexity index is 1110. The third-order valence-corrected chi connectivity index (χ3v) is 3.95. The van der Waals surface area contributed by atoms with E-state index in [9.17, 15) is 9.59 Å². The van der Waals surface area contributed by atoms with Gasteiger partial charge in [0.25, 0.3) is 5.91 Å². The highest BCUT2D eigenvalue weighted by molar-refractivity contribution is 5.95. The Labute approximate surface area is 136 Å². The number of para-hydroxylation sites is 1. The van der Waals surface area contributed by atoms with Gasteiger partial charge in [0.1, 0.15) is 5.69 Å². The van der Waals surface area contributed by atoms with Gasteiger partial charge in [0.2, 0.25) is 5.56 Å². The zero-order valence-electron chi connectivity index (χ0n) is 12.7. The van der Waals surface area contributed by atoms with Crippen LogP contribution in [0.2, 0.25) is 0 Å². The van der Waals surface area contributed by atoms with Crippen molar-refractivity contribution in [2.45, 2.75) is 6.54 Å². The monoisotopic (exact) mass is 318 g/mol. The lowest BCUT2D eigenvalue weighted by molar-refractivity contribution is 0.0946. The summed E-state index contributed by atoms with van der Waals surface area (Å²) in [6.07, 6.45) is 3.46. The smallest absolute Gasteiger partial charge is 0.270 e. The van der Waals surface area contributed by atoms with Crippen LogP contribution >= 0.6 is 0 Å². The molecule has 3 aromatic heterocycles. The van der Waals surface area contributed by atoms with Crippen LogP contribution in [0, 0.1) is 0 Å². The summed E-state index contributed by atoms with van der Waals surface area (Å²) in [5, 5.41) is 4.72. The van der Waals surface area contributed by atoms with Gasteiger partial charge in [0.15, 0.2) is 0 Å². The average molecular weight is 318 g/mol. The number of amides is 1. The summed E-state index contributed by atoms with van der Waals surface area (Å²) in [5.41, 5.74) is 2.69. The van der Waals surface area contributed by atoms with E-state index in [4.69, 9.17) is 0 Å². The van der Waals surface area contributed by atoms with Crippen molar-refractivity contribution in [2.75, 3.05) is 0 Å². The van der Waals surface area contributed by atoms with Crippen LogP contribution in [0.1, 0.15) is 16.1 Å². The first-order valence-electron chi connectivity index (χ1n) is 7.53. The number of benzene rings is 1. The SMILES string of the molecule is O=C(NCc1c[nH]c2ccccc12)c1cc2[nH]c(=O)ccc2cn1. The van der Waals surface area contributed by atoms with Crippen LogP contribution in [-0.2, 0) is 6.54 Å². The van der Waals surface area contributed by atoms with Crippen LogP contribution in [-0.4, -0.2) is 20.9 Å². The van der Waals surface area contributed by atoms with Crippen LogP contribution in [0.3, 0.4) is 0 Å². The number of pyridine rings is 2. The molecule has 4 rings (SSSR count). The quantitative estimate of drug-likeness (QED) is 0.541. The van der Waals surface area contributed by atoms with Crippen molar-refractivity contribution in [1.29, 1.82) is 0 Å². The van der Waals surface area contributed by atoms with Gasteiger partial charge in [-0.15, -0.1) is 0 Å². The van der Waals surface area contributed by atoms with E-state index in [1.165, 1.54) is 6.07 Å². The van der Waals surface area contributed by atoms with E-state index in [-0.39, 0.29) is 17.2 Å². The number of hydrogen-bond donors (Lipinski definition) is 3. The van der Waals surface area contributed by atoms with Gasteiger partial charge in [-0.25, -0.2) is 0 Å². The fraction of sp³-hybridized carbons (Fsp3) is 0.0556. The largest absolute Gasteiger partial charge is 0.361 e. The summed E-state index contributed by atoms with van der Waals surface area (Å²) in [6, 6.07) is 12.6. The highest BCUT2D eigenvalue weighted by Crippen LogP contribution is 2.17. The summed E-state index contributed by atoms with van der Waals surface area (Å²) >= 11 is 0. The van der Waals surface area contributed by atoms with Crippen molar-refractivity contribution < 1.29 is 4.79 Å². The van der Waals surface area contributed by atoms with Crippen molar-refractivity contribution in [3.63, 3.8) is 0 Å². The molecule has 1 aromatic carbocycles. The Balaban J connectivity index is 1.57. The second kappa shape index (κ2) is 5.66. The van der Waals surface area contributed by atoms with E-state index in [2.05, 4.69) is 20.3 Å². The molecule has 4 aromatic rings. The summed E-state index contributed by atoms with van der Waals surface area (Å²) in [7, 11) is 0. The van der Waals surface area contributed by atoms with Gasteiger partial charge in [0.05, 0.1) is 5.52 Å². The Morgan fingerprint density at radius 2 is 2.00 bits per heavy atom. The van der Waals surface area contributed by atoms with Crippen LogP contribution in [0.5, 0.6) is 0 Å². The fourth-order valence-electron chi connectivity index (χ4n) is 2.71. The molecule has 0 aliphatic carbocycles. The molecule has 3 heterocycles. The lowest BCUT2D eigenvalue weighted by Gasteiger charge is -2.05. The van der Waals surface area contributed by atoms with E-state index < -0.39 is 0 Å². The molecule has 0 saturated heterocycles. The number of rotatable bonds is 3. The van der Waals surface area contributed by atoms with E-state index in [1.807, 2.05) is 30.5 Å². The number of nitrogens with one attached hydrogen (secondary N) is 3. The minimum atomic E-state index is -0.285. The molecule has 0 unspecified atom stereocenters. The van der Waals surface area contributed by atoms with E-state index in [1.54, 1.807) is 18.3 Å². The molecule has 1 amide bonds. The van der Waals surface area contributed by atoms with Crippen LogP contribution in [0.25, 0.3) is 21.8 Å². The Hall–Kier alpha value is -3.41. The molecule has 3 N–H and O–H groups in total. The molecular weight excluding hydrogens is 304 g/mol. The van der Waals surface area contributed by atoms with Crippen LogP contribution in [0.15, 0.2) is 59.7 Å². The molecule has 0 aliphatic heterocycles. The molecule has 6 nitrogen and oxygen atoms in total. The molecule has 0 radical (unpaired) electrons. The first-order valence-corrected chi connectivity index (χ1v) is 7.53. The third-order valence-electron chi connectivity index (χ3n) is 3.95. The van der Waals surface area contributed by atoms with Crippen molar-refractivity contribution in [2.24, 2.45) is 0 Å². The second-order valence-corrected chi connectivity index (χ2v) is 5.52. The summed E-state index contributed by atoms with van der Waals surface area (Å²) in [4.78, 5) is 33.7. The maximum absolute atomic E-state index is 12.3. The van der Waals surface area contributed by atoms with Crippen molar-refractivity contribution in [3.8, 4) is 0 Å². The third kappa shape index (κ3) is 2.54. The zero-order valence-corrected chi connectivity index (χ0v) is 12.7. The lowest BCUT2D eigenvalue weighted by atomic mass is 10.2. The van der Waals surface area contributed by atoms with Crippen LogP contribution < -0.4 is 10.9 Å². The number of H-pyrrole nitrogens is 2. The van der Waals surface area contributed by atoms with E-state index >= 15 is 0 Å². The molecule has 0 bridgehead atoms. The summed E-state index contributed by atoms with van der Waals surface area (Å²) in [6.45, 7) is 0.397. The average Bonchev–Trinajstić information content (AvgIpc) is 3.02. The number of fused-ring (bicyclic) bond motifs is 2. The second-order valence-electron chi connectivity index (χ2n) is 5.52. The van der Waals surface area contributed by atoms with Gasteiger partial charge in [-0.1, -0.05) is 18.2 Å². The lowest BCUT2D eigenvalue weighted by Crippen LogP contribution is -2.23.